The summed E-state index contributed by atoms with van der Waals surface area (Å²) in [6, 6.07) is 7.30. The van der Waals surface area contributed by atoms with E-state index >= 15 is 0 Å². The number of hydrogen-bond donors (Lipinski definition) is 1. The highest BCUT2D eigenvalue weighted by atomic mass is 32.1. The summed E-state index contributed by atoms with van der Waals surface area (Å²) in [7, 11) is 3.19. The first-order chi connectivity index (χ1) is 10.1. The second kappa shape index (κ2) is 7.05. The molecule has 6 nitrogen and oxygen atoms in total. The molecule has 0 bridgehead atoms. The van der Waals surface area contributed by atoms with Gasteiger partial charge in [0, 0.05) is 24.5 Å². The van der Waals surface area contributed by atoms with Gasteiger partial charge >= 0.3 is 5.00 Å². The molecule has 0 atom stereocenters. The first-order valence-corrected chi connectivity index (χ1v) is 7.15. The minimum atomic E-state index is -0.373. The van der Waals surface area contributed by atoms with Crippen LogP contribution >= 0.6 is 11.3 Å². The summed E-state index contributed by atoms with van der Waals surface area (Å²) in [6.45, 7) is 1.22. The molecule has 0 aliphatic carbocycles. The Morgan fingerprint density at radius 2 is 1.86 bits per heavy atom. The van der Waals surface area contributed by atoms with Crippen molar-refractivity contribution in [2.75, 3.05) is 14.2 Å². The number of thiophene rings is 1. The number of benzene rings is 1. The second-order valence-electron chi connectivity index (χ2n) is 4.34. The van der Waals surface area contributed by atoms with Crippen molar-refractivity contribution in [2.24, 2.45) is 0 Å². The average molecular weight is 308 g/mol. The van der Waals surface area contributed by atoms with Crippen molar-refractivity contribution in [3.8, 4) is 11.5 Å². The molecular weight excluding hydrogens is 292 g/mol. The van der Waals surface area contributed by atoms with Crippen LogP contribution in [0.3, 0.4) is 0 Å². The van der Waals surface area contributed by atoms with Gasteiger partial charge < -0.3 is 14.8 Å². The monoisotopic (exact) mass is 308 g/mol. The van der Waals surface area contributed by atoms with E-state index in [9.17, 15) is 10.1 Å². The Morgan fingerprint density at radius 3 is 2.48 bits per heavy atom. The van der Waals surface area contributed by atoms with E-state index in [1.807, 2.05) is 18.2 Å². The Kier molecular flexibility index (Phi) is 5.13. The lowest BCUT2D eigenvalue weighted by molar-refractivity contribution is -0.380. The van der Waals surface area contributed by atoms with Crippen molar-refractivity contribution in [1.29, 1.82) is 0 Å². The molecule has 0 saturated carbocycles. The molecule has 21 heavy (non-hydrogen) atoms. The molecule has 1 aromatic carbocycles. The molecule has 0 aliphatic heterocycles. The summed E-state index contributed by atoms with van der Waals surface area (Å²) in [5.74, 6) is 1.37. The number of nitrogens with one attached hydrogen (secondary N) is 1. The van der Waals surface area contributed by atoms with Crippen LogP contribution in [0.5, 0.6) is 11.5 Å². The second-order valence-corrected chi connectivity index (χ2v) is 5.23. The van der Waals surface area contributed by atoms with Crippen LogP contribution in [0.2, 0.25) is 0 Å². The van der Waals surface area contributed by atoms with Crippen LogP contribution < -0.4 is 14.8 Å². The summed E-state index contributed by atoms with van der Waals surface area (Å²) in [5, 5.41) is 15.8. The fourth-order valence-electron chi connectivity index (χ4n) is 1.89. The maximum atomic E-state index is 10.6. The fourth-order valence-corrected chi connectivity index (χ4v) is 2.62. The fraction of sp³-hybridized carbons (Fsp3) is 0.286. The Labute approximate surface area is 126 Å². The Balaban J connectivity index is 1.92. The van der Waals surface area contributed by atoms with Gasteiger partial charge in [0.15, 0.2) is 11.5 Å². The molecule has 112 valence electrons. The first kappa shape index (κ1) is 15.3. The van der Waals surface area contributed by atoms with Crippen LogP contribution in [0, 0.1) is 10.1 Å². The molecular formula is C14H16N2O4S. The topological polar surface area (TPSA) is 73.6 Å². The van der Waals surface area contributed by atoms with Gasteiger partial charge in [0.2, 0.25) is 0 Å². The van der Waals surface area contributed by atoms with Crippen LogP contribution in [-0.4, -0.2) is 19.1 Å². The Hall–Kier alpha value is -2.12. The normalized spacial score (nSPS) is 10.4. The van der Waals surface area contributed by atoms with E-state index in [4.69, 9.17) is 9.47 Å². The van der Waals surface area contributed by atoms with Gasteiger partial charge in [-0.3, -0.25) is 10.1 Å². The zero-order chi connectivity index (χ0) is 15.2. The summed E-state index contributed by atoms with van der Waals surface area (Å²) in [4.78, 5) is 10.2. The number of ether oxygens (including phenoxy) is 2. The molecule has 2 rings (SSSR count). The highest BCUT2D eigenvalue weighted by Crippen LogP contribution is 2.27. The highest BCUT2D eigenvalue weighted by Gasteiger charge is 2.09. The lowest BCUT2D eigenvalue weighted by Crippen LogP contribution is -2.12. The lowest BCUT2D eigenvalue weighted by atomic mass is 10.2. The Morgan fingerprint density at radius 1 is 1.14 bits per heavy atom. The molecule has 2 aromatic rings. The minimum absolute atomic E-state index is 0.165. The molecule has 7 heteroatoms. The molecule has 0 saturated heterocycles. The van der Waals surface area contributed by atoms with Crippen LogP contribution in [0.15, 0.2) is 29.6 Å². The maximum absolute atomic E-state index is 10.6. The van der Waals surface area contributed by atoms with E-state index < -0.39 is 0 Å². The predicted molar refractivity (Wildman–Crippen MR) is 81.1 cm³/mol. The number of rotatable bonds is 7. The third-order valence-corrected chi connectivity index (χ3v) is 3.86. The van der Waals surface area contributed by atoms with Gasteiger partial charge in [0.25, 0.3) is 0 Å². The van der Waals surface area contributed by atoms with E-state index in [0.29, 0.717) is 24.6 Å². The zero-order valence-corrected chi connectivity index (χ0v) is 12.6. The van der Waals surface area contributed by atoms with Crippen LogP contribution in [0.4, 0.5) is 5.00 Å². The molecule has 0 fully saturated rings. The quantitative estimate of drug-likeness (QED) is 0.629. The molecule has 1 heterocycles. The van der Waals surface area contributed by atoms with Gasteiger partial charge in [0.05, 0.1) is 19.1 Å². The van der Waals surface area contributed by atoms with Gasteiger partial charge in [-0.1, -0.05) is 17.4 Å². The van der Waals surface area contributed by atoms with Gasteiger partial charge in [-0.05, 0) is 23.3 Å². The van der Waals surface area contributed by atoms with Gasteiger partial charge in [-0.15, -0.1) is 0 Å². The Bertz CT molecular complexity index is 627. The van der Waals surface area contributed by atoms with Crippen molar-refractivity contribution in [2.45, 2.75) is 13.1 Å². The molecule has 0 amide bonds. The minimum Gasteiger partial charge on any atom is -0.493 e. The molecule has 0 unspecified atom stereocenters. The maximum Gasteiger partial charge on any atom is 0.324 e. The van der Waals surface area contributed by atoms with Crippen molar-refractivity contribution < 1.29 is 14.4 Å². The van der Waals surface area contributed by atoms with Crippen LogP contribution in [0.1, 0.15) is 11.1 Å². The molecule has 0 spiro atoms. The van der Waals surface area contributed by atoms with E-state index in [-0.39, 0.29) is 9.92 Å². The van der Waals surface area contributed by atoms with Crippen molar-refractivity contribution in [1.82, 2.24) is 5.32 Å². The third kappa shape index (κ3) is 3.93. The lowest BCUT2D eigenvalue weighted by Gasteiger charge is -2.10. The molecule has 1 aromatic heterocycles. The SMILES string of the molecule is COc1ccc(CNCc2csc([N+](=O)[O-])c2)cc1OC. The zero-order valence-electron chi connectivity index (χ0n) is 11.8. The molecule has 0 radical (unpaired) electrons. The highest BCUT2D eigenvalue weighted by molar-refractivity contribution is 7.13. The van der Waals surface area contributed by atoms with Gasteiger partial charge in [-0.25, -0.2) is 0 Å². The third-order valence-electron chi connectivity index (χ3n) is 2.93. The standard InChI is InChI=1S/C14H16N2O4S/c1-19-12-4-3-10(5-13(12)20-2)7-15-8-11-6-14(16(17)18)21-9-11/h3-6,9,15H,7-8H2,1-2H3. The first-order valence-electron chi connectivity index (χ1n) is 6.27. The van der Waals surface area contributed by atoms with Crippen LogP contribution in [-0.2, 0) is 13.1 Å². The van der Waals surface area contributed by atoms with Gasteiger partial charge in [-0.2, -0.15) is 0 Å². The number of nitrogens with zero attached hydrogens (tertiary/aromatic N) is 1. The van der Waals surface area contributed by atoms with Crippen LogP contribution in [0.25, 0.3) is 0 Å². The van der Waals surface area contributed by atoms with Crippen molar-refractivity contribution in [3.05, 3.63) is 50.9 Å². The molecule has 0 aliphatic rings. The largest absolute Gasteiger partial charge is 0.493 e. The van der Waals surface area contributed by atoms with Gasteiger partial charge in [0.1, 0.15) is 0 Å². The van der Waals surface area contributed by atoms with E-state index in [0.717, 1.165) is 22.5 Å². The summed E-state index contributed by atoms with van der Waals surface area (Å²) < 4.78 is 10.4. The summed E-state index contributed by atoms with van der Waals surface area (Å²) in [5.41, 5.74) is 1.96. The predicted octanol–water partition coefficient (Wildman–Crippen LogP) is 2.96. The number of nitro groups is 1. The average Bonchev–Trinajstić information content (AvgIpc) is 2.96. The van der Waals surface area contributed by atoms with Crippen molar-refractivity contribution >= 4 is 16.3 Å². The number of methoxy groups -OCH3 is 2. The smallest absolute Gasteiger partial charge is 0.324 e. The summed E-state index contributed by atoms with van der Waals surface area (Å²) >= 11 is 1.14. The number of hydrogen-bond acceptors (Lipinski definition) is 6. The van der Waals surface area contributed by atoms with E-state index in [1.165, 1.54) is 0 Å². The molecule has 1 N–H and O–H groups in total. The van der Waals surface area contributed by atoms with E-state index in [1.54, 1.807) is 25.7 Å². The van der Waals surface area contributed by atoms with Crippen molar-refractivity contribution in [3.63, 3.8) is 0 Å². The summed E-state index contributed by atoms with van der Waals surface area (Å²) in [6.07, 6.45) is 0. The van der Waals surface area contributed by atoms with E-state index in [2.05, 4.69) is 5.32 Å².